The Kier molecular flexibility index (Phi) is 9.48. The summed E-state index contributed by atoms with van der Waals surface area (Å²) < 4.78 is 6.00. The van der Waals surface area contributed by atoms with Crippen molar-refractivity contribution in [3.63, 3.8) is 0 Å². The van der Waals surface area contributed by atoms with Crippen LogP contribution in [0.5, 0.6) is 5.75 Å². The second kappa shape index (κ2) is 12.1. The summed E-state index contributed by atoms with van der Waals surface area (Å²) >= 11 is 12.3. The van der Waals surface area contributed by atoms with Crippen molar-refractivity contribution in [1.29, 1.82) is 0 Å². The molecule has 3 rings (SSSR count). The predicted octanol–water partition coefficient (Wildman–Crippen LogP) is 6.54. The van der Waals surface area contributed by atoms with Crippen LogP contribution in [0.3, 0.4) is 0 Å². The maximum absolute atomic E-state index is 13.4. The summed E-state index contributed by atoms with van der Waals surface area (Å²) in [4.78, 5) is 28.1. The molecule has 1 saturated carbocycles. The first-order valence-electron chi connectivity index (χ1n) is 12.3. The predicted molar refractivity (Wildman–Crippen MR) is 142 cm³/mol. The average Bonchev–Trinajstić information content (AvgIpc) is 2.83. The molecular weight excluding hydrogens is 483 g/mol. The van der Waals surface area contributed by atoms with Gasteiger partial charge in [0.1, 0.15) is 11.8 Å². The second-order valence-electron chi connectivity index (χ2n) is 10.3. The van der Waals surface area contributed by atoms with Crippen molar-refractivity contribution >= 4 is 35.0 Å². The molecule has 2 amide bonds. The maximum atomic E-state index is 13.4. The fourth-order valence-electron chi connectivity index (χ4n) is 4.42. The molecule has 0 aromatic heterocycles. The number of carbonyl (C=O) groups is 2. The minimum absolute atomic E-state index is 0.132. The zero-order valence-electron chi connectivity index (χ0n) is 21.1. The van der Waals surface area contributed by atoms with Gasteiger partial charge in [-0.1, -0.05) is 87.5 Å². The molecule has 0 aliphatic heterocycles. The second-order valence-corrected chi connectivity index (χ2v) is 11.1. The van der Waals surface area contributed by atoms with Crippen molar-refractivity contribution < 1.29 is 14.3 Å². The van der Waals surface area contributed by atoms with Crippen molar-refractivity contribution in [1.82, 2.24) is 10.2 Å². The number of rotatable bonds is 8. The van der Waals surface area contributed by atoms with Crippen molar-refractivity contribution in [2.24, 2.45) is 0 Å². The van der Waals surface area contributed by atoms with Gasteiger partial charge in [-0.3, -0.25) is 9.59 Å². The van der Waals surface area contributed by atoms with Crippen molar-refractivity contribution in [2.45, 2.75) is 83.8 Å². The zero-order chi connectivity index (χ0) is 25.6. The topological polar surface area (TPSA) is 58.6 Å². The molecule has 2 aromatic carbocycles. The molecule has 5 nitrogen and oxygen atoms in total. The Morgan fingerprint density at radius 3 is 2.40 bits per heavy atom. The summed E-state index contributed by atoms with van der Waals surface area (Å²) in [5.74, 6) is 0.244. The minimum atomic E-state index is -0.666. The molecule has 1 atom stereocenters. The van der Waals surface area contributed by atoms with Gasteiger partial charge in [-0.25, -0.2) is 0 Å². The lowest BCUT2D eigenvalue weighted by atomic mass is 9.86. The number of nitrogens with one attached hydrogen (secondary N) is 1. The molecule has 190 valence electrons. The summed E-state index contributed by atoms with van der Waals surface area (Å²) in [7, 11) is 0. The Balaban J connectivity index is 1.78. The zero-order valence-corrected chi connectivity index (χ0v) is 22.6. The molecule has 2 aromatic rings. The number of ether oxygens (including phenoxy) is 1. The van der Waals surface area contributed by atoms with Crippen molar-refractivity contribution in [3.8, 4) is 5.75 Å². The van der Waals surface area contributed by atoms with Crippen molar-refractivity contribution in [3.05, 3.63) is 63.6 Å². The molecule has 0 radical (unpaired) electrons. The van der Waals surface area contributed by atoms with E-state index in [1.165, 1.54) is 6.42 Å². The van der Waals surface area contributed by atoms with E-state index in [0.29, 0.717) is 15.8 Å². The van der Waals surface area contributed by atoms with Gasteiger partial charge in [0.05, 0.1) is 10.0 Å². The van der Waals surface area contributed by atoms with Crippen LogP contribution in [0.25, 0.3) is 0 Å². The summed E-state index contributed by atoms with van der Waals surface area (Å²) in [6, 6.07) is 12.5. The lowest BCUT2D eigenvalue weighted by Gasteiger charge is -2.31. The van der Waals surface area contributed by atoms with Crippen molar-refractivity contribution in [2.75, 3.05) is 6.61 Å². The highest BCUT2D eigenvalue weighted by atomic mass is 35.5. The SMILES string of the molecule is CC(C(=O)NC1CCCCC1)N(Cc1ccc(Cl)c(Cl)c1)C(=O)COc1ccccc1C(C)(C)C. The standard InChI is InChI=1S/C28H36Cl2N2O3/c1-19(27(34)31-21-10-6-5-7-11-21)32(17-20-14-15-23(29)24(30)16-20)26(33)18-35-25-13-9-8-12-22(25)28(2,3)4/h8-9,12-16,19,21H,5-7,10-11,17-18H2,1-4H3,(H,31,34). The van der Waals surface area contributed by atoms with Crippen LogP contribution in [-0.4, -0.2) is 35.4 Å². The van der Waals surface area contributed by atoms with E-state index in [9.17, 15) is 9.59 Å². The van der Waals surface area contributed by atoms with Gasteiger partial charge < -0.3 is 15.0 Å². The first-order valence-corrected chi connectivity index (χ1v) is 13.1. The Hall–Kier alpha value is -2.24. The van der Waals surface area contributed by atoms with Crippen LogP contribution in [-0.2, 0) is 21.5 Å². The van der Waals surface area contributed by atoms with Gasteiger partial charge in [0.15, 0.2) is 6.61 Å². The molecule has 1 fully saturated rings. The van der Waals surface area contributed by atoms with Gasteiger partial charge in [0, 0.05) is 12.6 Å². The number of halogens is 2. The Morgan fingerprint density at radius 1 is 1.06 bits per heavy atom. The number of hydrogen-bond acceptors (Lipinski definition) is 3. The van der Waals surface area contributed by atoms with Crippen LogP contribution >= 0.6 is 23.2 Å². The third-order valence-electron chi connectivity index (χ3n) is 6.50. The summed E-state index contributed by atoms with van der Waals surface area (Å²) in [5, 5.41) is 3.99. The Labute approximate surface area is 219 Å². The third-order valence-corrected chi connectivity index (χ3v) is 7.24. The first-order chi connectivity index (χ1) is 16.6. The number of hydrogen-bond donors (Lipinski definition) is 1. The van der Waals surface area contributed by atoms with Gasteiger partial charge in [-0.15, -0.1) is 0 Å². The number of nitrogens with zero attached hydrogens (tertiary/aromatic N) is 1. The highest BCUT2D eigenvalue weighted by Crippen LogP contribution is 2.31. The van der Waals surface area contributed by atoms with E-state index in [2.05, 4.69) is 26.1 Å². The van der Waals surface area contributed by atoms with Gasteiger partial charge in [-0.2, -0.15) is 0 Å². The van der Waals surface area contributed by atoms with Crippen LogP contribution < -0.4 is 10.1 Å². The lowest BCUT2D eigenvalue weighted by Crippen LogP contribution is -2.51. The summed E-state index contributed by atoms with van der Waals surface area (Å²) in [6.45, 7) is 8.12. The molecule has 0 bridgehead atoms. The highest BCUT2D eigenvalue weighted by molar-refractivity contribution is 6.42. The molecule has 1 aliphatic rings. The number of para-hydroxylation sites is 1. The molecule has 7 heteroatoms. The lowest BCUT2D eigenvalue weighted by molar-refractivity contribution is -0.142. The minimum Gasteiger partial charge on any atom is -0.483 e. The van der Waals surface area contributed by atoms with E-state index >= 15 is 0 Å². The van der Waals surface area contributed by atoms with Gasteiger partial charge in [0.2, 0.25) is 5.91 Å². The molecule has 1 unspecified atom stereocenters. The van der Waals surface area contributed by atoms with E-state index in [1.807, 2.05) is 30.3 Å². The summed E-state index contributed by atoms with van der Waals surface area (Å²) in [5.41, 5.74) is 1.68. The third kappa shape index (κ3) is 7.62. The highest BCUT2D eigenvalue weighted by Gasteiger charge is 2.29. The van der Waals surface area contributed by atoms with Gasteiger partial charge in [-0.05, 0) is 54.5 Å². The Morgan fingerprint density at radius 2 is 1.74 bits per heavy atom. The molecule has 35 heavy (non-hydrogen) atoms. The molecule has 0 spiro atoms. The smallest absolute Gasteiger partial charge is 0.261 e. The quantitative estimate of drug-likeness (QED) is 0.431. The van der Waals surface area contributed by atoms with Crippen LogP contribution in [0.15, 0.2) is 42.5 Å². The largest absolute Gasteiger partial charge is 0.483 e. The number of amides is 2. The van der Waals surface area contributed by atoms with E-state index in [4.69, 9.17) is 27.9 Å². The maximum Gasteiger partial charge on any atom is 0.261 e. The first kappa shape index (κ1) is 27.3. The van der Waals surface area contributed by atoms with E-state index in [1.54, 1.807) is 24.0 Å². The molecule has 0 saturated heterocycles. The van der Waals surface area contributed by atoms with E-state index in [0.717, 1.165) is 36.8 Å². The van der Waals surface area contributed by atoms with Crippen LogP contribution in [0.1, 0.15) is 70.9 Å². The normalized spacial score (nSPS) is 15.4. The fraction of sp³-hybridized carbons (Fsp3) is 0.500. The molecular formula is C28H36Cl2N2O3. The van der Waals surface area contributed by atoms with Crippen LogP contribution in [0.4, 0.5) is 0 Å². The molecule has 1 N–H and O–H groups in total. The number of carbonyl (C=O) groups excluding carboxylic acids is 2. The average molecular weight is 520 g/mol. The number of benzene rings is 2. The van der Waals surface area contributed by atoms with Gasteiger partial charge >= 0.3 is 0 Å². The van der Waals surface area contributed by atoms with Gasteiger partial charge in [0.25, 0.3) is 5.91 Å². The fourth-order valence-corrected chi connectivity index (χ4v) is 4.74. The van der Waals surface area contributed by atoms with E-state index < -0.39 is 6.04 Å². The van der Waals surface area contributed by atoms with E-state index in [-0.39, 0.29) is 36.4 Å². The monoisotopic (exact) mass is 518 g/mol. The summed E-state index contributed by atoms with van der Waals surface area (Å²) in [6.07, 6.45) is 5.40. The Bertz CT molecular complexity index is 1030. The molecule has 0 heterocycles. The van der Waals surface area contributed by atoms with Crippen LogP contribution in [0.2, 0.25) is 10.0 Å². The van der Waals surface area contributed by atoms with Crippen LogP contribution in [0, 0.1) is 0 Å². The molecule has 1 aliphatic carbocycles.